The number of hydrogen-bond acceptors (Lipinski definition) is 2. The third-order valence-corrected chi connectivity index (χ3v) is 2.26. The van der Waals surface area contributed by atoms with Crippen LogP contribution in [-0.2, 0) is 0 Å². The normalized spacial score (nSPS) is 11.2. The molecule has 99 valence electrons. The molecule has 0 saturated heterocycles. The van der Waals surface area contributed by atoms with Gasteiger partial charge in [0, 0.05) is 0 Å². The molecule has 0 heterocycles. The summed E-state index contributed by atoms with van der Waals surface area (Å²) in [5.74, 6) is 0.667. The van der Waals surface area contributed by atoms with Gasteiger partial charge in [0.2, 0.25) is 0 Å². The Labute approximate surface area is 108 Å². The lowest BCUT2D eigenvalue weighted by molar-refractivity contribution is -0.274. The van der Waals surface area contributed by atoms with Crippen molar-refractivity contribution in [3.8, 4) is 17.2 Å². The van der Waals surface area contributed by atoms with Gasteiger partial charge in [0.1, 0.15) is 17.2 Å². The van der Waals surface area contributed by atoms with E-state index in [0.717, 1.165) is 0 Å². The molecule has 0 unspecified atom stereocenters. The first kappa shape index (κ1) is 13.3. The third-order valence-electron chi connectivity index (χ3n) is 2.26. The summed E-state index contributed by atoms with van der Waals surface area (Å²) < 4.78 is 45.2. The molecule has 19 heavy (non-hydrogen) atoms. The van der Waals surface area contributed by atoms with Crippen molar-refractivity contribution in [2.45, 2.75) is 6.36 Å². The van der Waals surface area contributed by atoms with E-state index in [0.29, 0.717) is 17.1 Å². The average molecular weight is 267 g/mol. The molecule has 5 heteroatoms. The second-order valence-electron chi connectivity index (χ2n) is 3.73. The predicted molar refractivity (Wildman–Crippen MR) is 64.1 cm³/mol. The molecule has 0 fully saturated rings. The van der Waals surface area contributed by atoms with E-state index in [2.05, 4.69) is 11.7 Å². The van der Waals surface area contributed by atoms with Crippen LogP contribution in [0.2, 0.25) is 0 Å². The van der Waals surface area contributed by atoms with E-state index in [9.17, 15) is 13.2 Å². The molecule has 2 nitrogen and oxygen atoms in total. The van der Waals surface area contributed by atoms with Crippen LogP contribution in [0.3, 0.4) is 0 Å². The highest BCUT2D eigenvalue weighted by Crippen LogP contribution is 2.28. The van der Waals surface area contributed by atoms with E-state index in [-0.39, 0.29) is 5.75 Å². The first-order chi connectivity index (χ1) is 8.94. The molecule has 0 aliphatic carbocycles. The summed E-state index contributed by atoms with van der Waals surface area (Å²) >= 11 is 0. The van der Waals surface area contributed by atoms with Crippen LogP contribution >= 0.6 is 0 Å². The fourth-order valence-electron chi connectivity index (χ4n) is 1.44. The van der Waals surface area contributed by atoms with E-state index in [4.69, 9.17) is 4.74 Å². The Morgan fingerprint density at radius 1 is 0.842 bits per heavy atom. The number of para-hydroxylation sites is 1. The van der Waals surface area contributed by atoms with Crippen LogP contribution in [0, 0.1) is 6.92 Å². The molecule has 0 bridgehead atoms. The van der Waals surface area contributed by atoms with Crippen molar-refractivity contribution < 1.29 is 22.6 Å². The Bertz CT molecular complexity index is 547. The fourth-order valence-corrected chi connectivity index (χ4v) is 1.44. The van der Waals surface area contributed by atoms with Gasteiger partial charge in [-0.1, -0.05) is 18.2 Å². The van der Waals surface area contributed by atoms with Crippen molar-refractivity contribution in [1.82, 2.24) is 0 Å². The van der Waals surface area contributed by atoms with E-state index in [1.807, 2.05) is 6.07 Å². The molecule has 0 aromatic heterocycles. The number of benzene rings is 2. The molecule has 0 saturated carbocycles. The molecular weight excluding hydrogens is 257 g/mol. The third kappa shape index (κ3) is 3.91. The van der Waals surface area contributed by atoms with Crippen molar-refractivity contribution in [1.29, 1.82) is 0 Å². The summed E-state index contributed by atoms with van der Waals surface area (Å²) in [5.41, 5.74) is 0.693. The molecule has 0 spiro atoms. The smallest absolute Gasteiger partial charge is 0.457 e. The van der Waals surface area contributed by atoms with Crippen LogP contribution in [0.4, 0.5) is 13.2 Å². The first-order valence-corrected chi connectivity index (χ1v) is 5.39. The maximum Gasteiger partial charge on any atom is 0.573 e. The lowest BCUT2D eigenvalue weighted by atomic mass is 10.2. The van der Waals surface area contributed by atoms with E-state index in [1.165, 1.54) is 24.3 Å². The number of rotatable bonds is 3. The van der Waals surface area contributed by atoms with Gasteiger partial charge in [0.25, 0.3) is 0 Å². The van der Waals surface area contributed by atoms with Gasteiger partial charge in [-0.15, -0.1) is 13.2 Å². The van der Waals surface area contributed by atoms with Crippen LogP contribution in [0.5, 0.6) is 17.2 Å². The maximum atomic E-state index is 12.0. The molecule has 1 radical (unpaired) electrons. The first-order valence-electron chi connectivity index (χ1n) is 5.39. The van der Waals surface area contributed by atoms with E-state index < -0.39 is 6.36 Å². The minimum Gasteiger partial charge on any atom is -0.457 e. The number of alkyl halides is 3. The van der Waals surface area contributed by atoms with Crippen LogP contribution in [-0.4, -0.2) is 6.36 Å². The molecule has 0 aliphatic heterocycles. The predicted octanol–water partition coefficient (Wildman–Crippen LogP) is 4.56. The second-order valence-corrected chi connectivity index (χ2v) is 3.73. The molecule has 0 N–H and O–H groups in total. The quantitative estimate of drug-likeness (QED) is 0.811. The van der Waals surface area contributed by atoms with Crippen molar-refractivity contribution in [3.05, 3.63) is 61.0 Å². The lowest BCUT2D eigenvalue weighted by Crippen LogP contribution is -2.16. The van der Waals surface area contributed by atoms with E-state index in [1.54, 1.807) is 18.2 Å². The Morgan fingerprint density at radius 2 is 1.42 bits per heavy atom. The summed E-state index contributed by atoms with van der Waals surface area (Å²) in [7, 11) is 0. The molecule has 2 rings (SSSR count). The highest BCUT2D eigenvalue weighted by molar-refractivity contribution is 5.40. The molecule has 2 aromatic rings. The zero-order chi connectivity index (χ0) is 13.9. The molecular formula is C14H10F3O2. The van der Waals surface area contributed by atoms with Crippen molar-refractivity contribution in [2.75, 3.05) is 0 Å². The van der Waals surface area contributed by atoms with Crippen molar-refractivity contribution in [2.24, 2.45) is 0 Å². The number of halogens is 3. The monoisotopic (exact) mass is 267 g/mol. The highest BCUT2D eigenvalue weighted by atomic mass is 19.4. The molecule has 0 atom stereocenters. The van der Waals surface area contributed by atoms with Crippen LogP contribution in [0.15, 0.2) is 48.5 Å². The summed E-state index contributed by atoms with van der Waals surface area (Å²) in [6, 6.07) is 12.3. The second kappa shape index (κ2) is 5.22. The summed E-state index contributed by atoms with van der Waals surface area (Å²) in [4.78, 5) is 0. The minimum atomic E-state index is -4.69. The largest absolute Gasteiger partial charge is 0.573 e. The van der Waals surface area contributed by atoms with Crippen molar-refractivity contribution >= 4 is 0 Å². The van der Waals surface area contributed by atoms with E-state index >= 15 is 0 Å². The van der Waals surface area contributed by atoms with Crippen LogP contribution < -0.4 is 9.47 Å². The van der Waals surface area contributed by atoms with Gasteiger partial charge in [0.15, 0.2) is 0 Å². The Balaban J connectivity index is 2.09. The lowest BCUT2D eigenvalue weighted by Gasteiger charge is -2.11. The molecule has 0 amide bonds. The highest BCUT2D eigenvalue weighted by Gasteiger charge is 2.30. The van der Waals surface area contributed by atoms with Crippen LogP contribution in [0.1, 0.15) is 5.56 Å². The number of hydrogen-bond donors (Lipinski definition) is 0. The SMILES string of the molecule is [CH2]c1ccccc1Oc1ccc(OC(F)(F)F)cc1. The molecule has 0 aliphatic rings. The summed E-state index contributed by atoms with van der Waals surface area (Å²) in [5, 5.41) is 0. The zero-order valence-corrected chi connectivity index (χ0v) is 9.78. The van der Waals surface area contributed by atoms with Gasteiger partial charge in [-0.3, -0.25) is 0 Å². The topological polar surface area (TPSA) is 18.5 Å². The van der Waals surface area contributed by atoms with Gasteiger partial charge in [0.05, 0.1) is 0 Å². The van der Waals surface area contributed by atoms with Gasteiger partial charge < -0.3 is 9.47 Å². The Morgan fingerprint density at radius 3 is 2.00 bits per heavy atom. The standard InChI is InChI=1S/C14H10F3O2/c1-10-4-2-3-5-13(10)18-11-6-8-12(9-7-11)19-14(15,16)17/h2-9H,1H2. The Kier molecular flexibility index (Phi) is 3.64. The average Bonchev–Trinajstić information content (AvgIpc) is 2.33. The van der Waals surface area contributed by atoms with Gasteiger partial charge in [-0.05, 0) is 42.8 Å². The maximum absolute atomic E-state index is 12.0. The van der Waals surface area contributed by atoms with Crippen molar-refractivity contribution in [3.63, 3.8) is 0 Å². The van der Waals surface area contributed by atoms with Gasteiger partial charge in [-0.2, -0.15) is 0 Å². The minimum absolute atomic E-state index is 0.289. The summed E-state index contributed by atoms with van der Waals surface area (Å²) in [6.45, 7) is 3.78. The zero-order valence-electron chi connectivity index (χ0n) is 9.78. The fraction of sp³-hybridized carbons (Fsp3) is 0.0714. The Hall–Kier alpha value is -2.17. The number of ether oxygens (including phenoxy) is 2. The summed E-state index contributed by atoms with van der Waals surface area (Å²) in [6.07, 6.45) is -4.69. The molecule has 2 aromatic carbocycles. The van der Waals surface area contributed by atoms with Crippen LogP contribution in [0.25, 0.3) is 0 Å². The van der Waals surface area contributed by atoms with Gasteiger partial charge >= 0.3 is 6.36 Å². The van der Waals surface area contributed by atoms with Gasteiger partial charge in [-0.25, -0.2) is 0 Å².